The molecular weight excluding hydrogens is 260 g/mol. The normalized spacial score (nSPS) is 18.1. The van der Waals surface area contributed by atoms with Crippen molar-refractivity contribution >= 4 is 0 Å². The Kier molecular flexibility index (Phi) is 2.63. The number of aromatic nitrogens is 2. The van der Waals surface area contributed by atoms with Crippen molar-refractivity contribution < 1.29 is 8.78 Å². The fraction of sp³-hybridized carbons (Fsp3) is 0.400. The number of nitrogens with zero attached hydrogens (tertiary/aromatic N) is 2. The average Bonchev–Trinajstić information content (AvgIpc) is 3.23. The maximum absolute atomic E-state index is 14.0. The highest BCUT2D eigenvalue weighted by Crippen LogP contribution is 2.42. The molecule has 2 heterocycles. The van der Waals surface area contributed by atoms with Crippen molar-refractivity contribution in [2.45, 2.75) is 31.7 Å². The molecule has 1 aromatic carbocycles. The summed E-state index contributed by atoms with van der Waals surface area (Å²) in [5.74, 6) is -0.369. The van der Waals surface area contributed by atoms with Crippen LogP contribution in [0.5, 0.6) is 0 Å². The van der Waals surface area contributed by atoms with Crippen molar-refractivity contribution in [3.8, 4) is 5.69 Å². The highest BCUT2D eigenvalue weighted by molar-refractivity contribution is 5.42. The van der Waals surface area contributed by atoms with E-state index in [1.807, 2.05) is 0 Å². The molecule has 0 radical (unpaired) electrons. The van der Waals surface area contributed by atoms with Gasteiger partial charge in [-0.1, -0.05) is 0 Å². The van der Waals surface area contributed by atoms with E-state index in [2.05, 4.69) is 10.4 Å². The predicted octanol–water partition coefficient (Wildman–Crippen LogP) is 2.67. The highest BCUT2D eigenvalue weighted by atomic mass is 19.1. The zero-order valence-electron chi connectivity index (χ0n) is 11.0. The minimum atomic E-state index is -0.437. The SMILES string of the molecule is Fc1ccc(F)c(-n2nc(C3CC3)c3c2CCNC3)c1. The van der Waals surface area contributed by atoms with Crippen LogP contribution in [0.4, 0.5) is 8.78 Å². The maximum atomic E-state index is 14.0. The minimum Gasteiger partial charge on any atom is -0.312 e. The second kappa shape index (κ2) is 4.38. The lowest BCUT2D eigenvalue weighted by molar-refractivity contribution is 0.575. The van der Waals surface area contributed by atoms with Crippen LogP contribution in [-0.4, -0.2) is 16.3 Å². The zero-order valence-corrected chi connectivity index (χ0v) is 11.0. The van der Waals surface area contributed by atoms with Crippen LogP contribution in [0, 0.1) is 11.6 Å². The molecule has 1 N–H and O–H groups in total. The third-order valence-electron chi connectivity index (χ3n) is 4.06. The first-order valence-corrected chi connectivity index (χ1v) is 7.01. The van der Waals surface area contributed by atoms with Crippen molar-refractivity contribution in [1.29, 1.82) is 0 Å². The second-order valence-corrected chi connectivity index (χ2v) is 5.52. The third-order valence-corrected chi connectivity index (χ3v) is 4.06. The first kappa shape index (κ1) is 12.0. The Balaban J connectivity index is 1.91. The van der Waals surface area contributed by atoms with Crippen LogP contribution in [0.25, 0.3) is 5.69 Å². The Hall–Kier alpha value is -1.75. The molecule has 0 atom stereocenters. The molecule has 5 heteroatoms. The van der Waals surface area contributed by atoms with Crippen molar-refractivity contribution in [2.24, 2.45) is 0 Å². The third kappa shape index (κ3) is 1.85. The summed E-state index contributed by atoms with van der Waals surface area (Å²) >= 11 is 0. The van der Waals surface area contributed by atoms with Gasteiger partial charge in [-0.05, 0) is 25.0 Å². The molecule has 1 aliphatic carbocycles. The van der Waals surface area contributed by atoms with E-state index in [0.29, 0.717) is 5.92 Å². The summed E-state index contributed by atoms with van der Waals surface area (Å²) in [6, 6.07) is 3.52. The number of hydrogen-bond donors (Lipinski definition) is 1. The number of benzene rings is 1. The summed E-state index contributed by atoms with van der Waals surface area (Å²) in [6.07, 6.45) is 3.09. The van der Waals surface area contributed by atoms with E-state index >= 15 is 0 Å². The van der Waals surface area contributed by atoms with Gasteiger partial charge in [-0.15, -0.1) is 0 Å². The van der Waals surface area contributed by atoms with E-state index in [-0.39, 0.29) is 5.69 Å². The lowest BCUT2D eigenvalue weighted by atomic mass is 10.0. The number of rotatable bonds is 2. The van der Waals surface area contributed by atoms with Crippen LogP contribution >= 0.6 is 0 Å². The van der Waals surface area contributed by atoms with Gasteiger partial charge in [-0.25, -0.2) is 13.5 Å². The van der Waals surface area contributed by atoms with Gasteiger partial charge >= 0.3 is 0 Å². The molecular formula is C15H15F2N3. The van der Waals surface area contributed by atoms with E-state index in [4.69, 9.17) is 0 Å². The standard InChI is InChI=1S/C15H15F2N3/c16-10-3-4-12(17)14(7-10)20-13-5-6-18-8-11(13)15(19-20)9-1-2-9/h3-4,7,9,18H,1-2,5-6,8H2. The molecule has 104 valence electrons. The Morgan fingerprint density at radius 3 is 2.90 bits per heavy atom. The molecule has 1 aromatic heterocycles. The second-order valence-electron chi connectivity index (χ2n) is 5.52. The lowest BCUT2D eigenvalue weighted by Gasteiger charge is -2.16. The van der Waals surface area contributed by atoms with E-state index < -0.39 is 11.6 Å². The minimum absolute atomic E-state index is 0.218. The molecule has 0 spiro atoms. The summed E-state index contributed by atoms with van der Waals surface area (Å²) in [7, 11) is 0. The van der Waals surface area contributed by atoms with Gasteiger partial charge in [-0.2, -0.15) is 5.10 Å². The van der Waals surface area contributed by atoms with E-state index in [0.717, 1.165) is 55.9 Å². The van der Waals surface area contributed by atoms with Gasteiger partial charge < -0.3 is 5.32 Å². The molecule has 1 aliphatic heterocycles. The topological polar surface area (TPSA) is 29.9 Å². The summed E-state index contributed by atoms with van der Waals surface area (Å²) in [5, 5.41) is 7.93. The molecule has 1 saturated carbocycles. The summed E-state index contributed by atoms with van der Waals surface area (Å²) in [6.45, 7) is 1.62. The van der Waals surface area contributed by atoms with Gasteiger partial charge in [0, 0.05) is 37.1 Å². The molecule has 0 bridgehead atoms. The first-order chi connectivity index (χ1) is 9.74. The van der Waals surface area contributed by atoms with Gasteiger partial charge in [0.25, 0.3) is 0 Å². The van der Waals surface area contributed by atoms with Crippen molar-refractivity contribution in [2.75, 3.05) is 6.54 Å². The van der Waals surface area contributed by atoms with Gasteiger partial charge in [-0.3, -0.25) is 0 Å². The molecule has 3 nitrogen and oxygen atoms in total. The van der Waals surface area contributed by atoms with Crippen LogP contribution < -0.4 is 5.32 Å². The maximum Gasteiger partial charge on any atom is 0.149 e. The number of halogens is 2. The number of fused-ring (bicyclic) bond motifs is 1. The average molecular weight is 275 g/mol. The van der Waals surface area contributed by atoms with E-state index in [1.165, 1.54) is 11.6 Å². The number of hydrogen-bond acceptors (Lipinski definition) is 2. The largest absolute Gasteiger partial charge is 0.312 e. The number of nitrogens with one attached hydrogen (secondary N) is 1. The van der Waals surface area contributed by atoms with Crippen LogP contribution in [0.15, 0.2) is 18.2 Å². The van der Waals surface area contributed by atoms with E-state index in [9.17, 15) is 8.78 Å². The highest BCUT2D eigenvalue weighted by Gasteiger charge is 2.33. The zero-order chi connectivity index (χ0) is 13.7. The lowest BCUT2D eigenvalue weighted by Crippen LogP contribution is -2.25. The predicted molar refractivity (Wildman–Crippen MR) is 70.9 cm³/mol. The molecule has 4 rings (SSSR count). The molecule has 2 aromatic rings. The molecule has 2 aliphatic rings. The van der Waals surface area contributed by atoms with Crippen LogP contribution in [-0.2, 0) is 13.0 Å². The Morgan fingerprint density at radius 2 is 2.10 bits per heavy atom. The summed E-state index contributed by atoms with van der Waals surface area (Å²) in [4.78, 5) is 0. The Labute approximate surface area is 115 Å². The van der Waals surface area contributed by atoms with Gasteiger partial charge in [0.15, 0.2) is 0 Å². The molecule has 0 amide bonds. The summed E-state index contributed by atoms with van der Waals surface area (Å²) in [5.41, 5.74) is 3.49. The smallest absolute Gasteiger partial charge is 0.149 e. The van der Waals surface area contributed by atoms with Crippen molar-refractivity contribution in [1.82, 2.24) is 15.1 Å². The van der Waals surface area contributed by atoms with Crippen molar-refractivity contribution in [3.05, 3.63) is 46.8 Å². The molecule has 0 saturated heterocycles. The van der Waals surface area contributed by atoms with Crippen molar-refractivity contribution in [3.63, 3.8) is 0 Å². The summed E-state index contributed by atoms with van der Waals surface area (Å²) < 4.78 is 29.0. The first-order valence-electron chi connectivity index (χ1n) is 7.01. The fourth-order valence-electron chi connectivity index (χ4n) is 2.91. The van der Waals surface area contributed by atoms with Gasteiger partial charge in [0.1, 0.15) is 17.3 Å². The van der Waals surface area contributed by atoms with Gasteiger partial charge in [0.2, 0.25) is 0 Å². The monoisotopic (exact) mass is 275 g/mol. The van der Waals surface area contributed by atoms with Crippen LogP contribution in [0.2, 0.25) is 0 Å². The molecule has 20 heavy (non-hydrogen) atoms. The molecule has 1 fully saturated rings. The van der Waals surface area contributed by atoms with Gasteiger partial charge in [0.05, 0.1) is 11.4 Å². The molecule has 0 unspecified atom stereocenters. The Morgan fingerprint density at radius 1 is 1.25 bits per heavy atom. The van der Waals surface area contributed by atoms with E-state index in [1.54, 1.807) is 4.68 Å². The fourth-order valence-corrected chi connectivity index (χ4v) is 2.91. The Bertz CT molecular complexity index is 674. The van der Waals surface area contributed by atoms with Crippen LogP contribution in [0.3, 0.4) is 0 Å². The quantitative estimate of drug-likeness (QED) is 0.913. The van der Waals surface area contributed by atoms with Crippen LogP contribution in [0.1, 0.15) is 35.7 Å².